The van der Waals surface area contributed by atoms with E-state index >= 15 is 0 Å². The molecule has 7 heteroatoms. The summed E-state index contributed by atoms with van der Waals surface area (Å²) in [5.74, 6) is 0. The van der Waals surface area contributed by atoms with Crippen molar-refractivity contribution in [2.24, 2.45) is 0 Å². The summed E-state index contributed by atoms with van der Waals surface area (Å²) in [7, 11) is 0. The molecule has 1 fully saturated rings. The first-order valence-electron chi connectivity index (χ1n) is 10.5. The van der Waals surface area contributed by atoms with Crippen LogP contribution >= 0.6 is 22.9 Å². The van der Waals surface area contributed by atoms with E-state index in [0.29, 0.717) is 6.42 Å². The highest BCUT2D eigenvalue weighted by Gasteiger charge is 2.29. The number of rotatable bonds is 5. The number of amides is 1. The Morgan fingerprint density at radius 3 is 2.74 bits per heavy atom. The van der Waals surface area contributed by atoms with Gasteiger partial charge in [-0.3, -0.25) is 4.98 Å². The second-order valence-corrected chi connectivity index (χ2v) is 10.3. The maximum absolute atomic E-state index is 12.4. The van der Waals surface area contributed by atoms with Crippen molar-refractivity contribution in [3.63, 3.8) is 0 Å². The predicted molar refractivity (Wildman–Crippen MR) is 126 cm³/mol. The van der Waals surface area contributed by atoms with Gasteiger partial charge in [0.2, 0.25) is 0 Å². The molecule has 2 unspecified atom stereocenters. The number of halogens is 1. The number of hydrogen-bond donors (Lipinski definition) is 1. The lowest BCUT2D eigenvalue weighted by Gasteiger charge is -2.27. The summed E-state index contributed by atoms with van der Waals surface area (Å²) in [4.78, 5) is 17.9. The Morgan fingerprint density at radius 1 is 1.32 bits per heavy atom. The zero-order valence-corrected chi connectivity index (χ0v) is 19.6. The molecule has 3 heterocycles. The van der Waals surface area contributed by atoms with Crippen LogP contribution in [0.4, 0.5) is 4.79 Å². The Bertz CT molecular complexity index is 1050. The van der Waals surface area contributed by atoms with E-state index in [4.69, 9.17) is 21.1 Å². The molecule has 4 rings (SSSR count). The average Bonchev–Trinajstić information content (AvgIpc) is 3.37. The first kappa shape index (κ1) is 22.1. The number of nitrogens with zero attached hydrogens (tertiary/aromatic N) is 1. The molecule has 5 nitrogen and oxygen atoms in total. The fourth-order valence-corrected chi connectivity index (χ4v) is 5.06. The normalized spacial score (nSPS) is 17.6. The number of aromatic nitrogens is 1. The van der Waals surface area contributed by atoms with E-state index in [0.717, 1.165) is 50.7 Å². The van der Waals surface area contributed by atoms with E-state index in [2.05, 4.69) is 40.6 Å². The molecule has 1 amide bonds. The number of ether oxygens (including phenoxy) is 2. The first-order valence-corrected chi connectivity index (χ1v) is 11.7. The number of carbonyl (C=O) groups is 1. The molecule has 1 saturated heterocycles. The van der Waals surface area contributed by atoms with Gasteiger partial charge in [-0.1, -0.05) is 35.9 Å². The summed E-state index contributed by atoms with van der Waals surface area (Å²) in [6, 6.07) is 12.2. The summed E-state index contributed by atoms with van der Waals surface area (Å²) < 4.78 is 12.3. The largest absolute Gasteiger partial charge is 0.444 e. The van der Waals surface area contributed by atoms with Crippen LogP contribution in [0.15, 0.2) is 42.6 Å². The lowest BCUT2D eigenvalue weighted by Crippen LogP contribution is -2.46. The maximum atomic E-state index is 12.4. The average molecular weight is 459 g/mol. The van der Waals surface area contributed by atoms with Crippen molar-refractivity contribution >= 4 is 39.2 Å². The summed E-state index contributed by atoms with van der Waals surface area (Å²) in [6.07, 6.45) is 3.96. The second kappa shape index (κ2) is 9.15. The molecular weight excluding hydrogens is 432 g/mol. The summed E-state index contributed by atoms with van der Waals surface area (Å²) in [5.41, 5.74) is 2.64. The Labute approximate surface area is 191 Å². The number of thiophene rings is 1. The summed E-state index contributed by atoms with van der Waals surface area (Å²) in [5, 5.41) is 3.75. The molecule has 1 N–H and O–H groups in total. The number of benzene rings is 1. The van der Waals surface area contributed by atoms with E-state index in [1.807, 2.05) is 26.8 Å². The molecule has 3 aromatic rings. The Hall–Kier alpha value is -2.15. The molecule has 2 atom stereocenters. The van der Waals surface area contributed by atoms with Crippen LogP contribution in [0.5, 0.6) is 0 Å². The van der Waals surface area contributed by atoms with Crippen molar-refractivity contribution in [2.75, 3.05) is 6.61 Å². The topological polar surface area (TPSA) is 60.5 Å². The van der Waals surface area contributed by atoms with Crippen molar-refractivity contribution in [1.29, 1.82) is 0 Å². The van der Waals surface area contributed by atoms with Crippen molar-refractivity contribution < 1.29 is 14.3 Å². The number of alkyl carbamates (subject to hydrolysis) is 1. The van der Waals surface area contributed by atoms with Gasteiger partial charge >= 0.3 is 6.09 Å². The molecule has 0 spiro atoms. The SMILES string of the molecule is CC(C)(C)OC(=O)NC(Cc1ccc(-c2cc3nccc(Cl)c3s2)cc1)C1CCCO1. The van der Waals surface area contributed by atoms with Crippen LogP contribution in [0.1, 0.15) is 39.2 Å². The summed E-state index contributed by atoms with van der Waals surface area (Å²) >= 11 is 7.94. The van der Waals surface area contributed by atoms with E-state index in [1.165, 1.54) is 0 Å². The van der Waals surface area contributed by atoms with Gasteiger partial charge in [-0.2, -0.15) is 0 Å². The van der Waals surface area contributed by atoms with Crippen LogP contribution in [0.3, 0.4) is 0 Å². The fourth-order valence-electron chi connectivity index (χ4n) is 3.76. The van der Waals surface area contributed by atoms with Gasteiger partial charge in [-0.05, 0) is 63.3 Å². The molecule has 1 aromatic carbocycles. The highest BCUT2D eigenvalue weighted by molar-refractivity contribution is 7.22. The molecule has 0 bridgehead atoms. The summed E-state index contributed by atoms with van der Waals surface area (Å²) in [6.45, 7) is 6.33. The smallest absolute Gasteiger partial charge is 0.407 e. The van der Waals surface area contributed by atoms with E-state index in [9.17, 15) is 4.79 Å². The van der Waals surface area contributed by atoms with Gasteiger partial charge in [0.05, 0.1) is 27.4 Å². The van der Waals surface area contributed by atoms with Gasteiger partial charge in [-0.15, -0.1) is 11.3 Å². The van der Waals surface area contributed by atoms with Crippen molar-refractivity contribution in [1.82, 2.24) is 10.3 Å². The molecule has 164 valence electrons. The van der Waals surface area contributed by atoms with Crippen LogP contribution in [-0.2, 0) is 15.9 Å². The minimum absolute atomic E-state index is 0.00278. The van der Waals surface area contributed by atoms with Crippen LogP contribution in [-0.4, -0.2) is 35.4 Å². The Morgan fingerprint density at radius 2 is 2.10 bits per heavy atom. The highest BCUT2D eigenvalue weighted by atomic mass is 35.5. The van der Waals surface area contributed by atoms with Gasteiger partial charge in [-0.25, -0.2) is 4.79 Å². The molecule has 0 aliphatic carbocycles. The minimum atomic E-state index is -0.533. The molecule has 2 aromatic heterocycles. The third-order valence-corrected chi connectivity index (χ3v) is 6.81. The van der Waals surface area contributed by atoms with E-state index < -0.39 is 11.7 Å². The second-order valence-electron chi connectivity index (χ2n) is 8.82. The van der Waals surface area contributed by atoms with E-state index in [1.54, 1.807) is 17.5 Å². The Balaban J connectivity index is 1.49. The monoisotopic (exact) mass is 458 g/mol. The minimum Gasteiger partial charge on any atom is -0.444 e. The standard InChI is InChI=1S/C24H27ClN2O3S/c1-24(2,3)30-23(28)27-18(20-5-4-12-29-20)13-15-6-8-16(9-7-15)21-14-19-22(31-21)17(25)10-11-26-19/h6-11,14,18,20H,4-5,12-13H2,1-3H3,(H,27,28). The van der Waals surface area contributed by atoms with Gasteiger partial charge in [0.1, 0.15) is 5.60 Å². The quantitative estimate of drug-likeness (QED) is 0.492. The third kappa shape index (κ3) is 5.56. The molecule has 0 saturated carbocycles. The zero-order chi connectivity index (χ0) is 22.0. The number of fused-ring (bicyclic) bond motifs is 1. The van der Waals surface area contributed by atoms with Crippen LogP contribution < -0.4 is 5.32 Å². The van der Waals surface area contributed by atoms with Gasteiger partial charge in [0.15, 0.2) is 0 Å². The van der Waals surface area contributed by atoms with E-state index in [-0.39, 0.29) is 12.1 Å². The molecule has 1 aliphatic heterocycles. The number of carbonyl (C=O) groups excluding carboxylic acids is 1. The molecule has 31 heavy (non-hydrogen) atoms. The molecular formula is C24H27ClN2O3S. The maximum Gasteiger partial charge on any atom is 0.407 e. The van der Waals surface area contributed by atoms with Crippen LogP contribution in [0.25, 0.3) is 20.7 Å². The van der Waals surface area contributed by atoms with Gasteiger partial charge < -0.3 is 14.8 Å². The molecule has 0 radical (unpaired) electrons. The number of hydrogen-bond acceptors (Lipinski definition) is 5. The number of pyridine rings is 1. The van der Waals surface area contributed by atoms with Crippen molar-refractivity contribution in [2.45, 2.75) is 57.8 Å². The third-order valence-electron chi connectivity index (χ3n) is 5.17. The lowest BCUT2D eigenvalue weighted by atomic mass is 9.98. The van der Waals surface area contributed by atoms with Crippen LogP contribution in [0.2, 0.25) is 5.02 Å². The van der Waals surface area contributed by atoms with Gasteiger partial charge in [0.25, 0.3) is 0 Å². The predicted octanol–water partition coefficient (Wildman–Crippen LogP) is 6.23. The van der Waals surface area contributed by atoms with Gasteiger partial charge in [0, 0.05) is 17.7 Å². The first-order chi connectivity index (χ1) is 14.8. The van der Waals surface area contributed by atoms with Crippen molar-refractivity contribution in [3.05, 3.63) is 53.2 Å². The lowest BCUT2D eigenvalue weighted by molar-refractivity contribution is 0.0367. The van der Waals surface area contributed by atoms with Crippen molar-refractivity contribution in [3.8, 4) is 10.4 Å². The van der Waals surface area contributed by atoms with Crippen LogP contribution in [0, 0.1) is 0 Å². The molecule has 1 aliphatic rings. The Kier molecular flexibility index (Phi) is 6.51. The number of nitrogens with one attached hydrogen (secondary N) is 1. The zero-order valence-electron chi connectivity index (χ0n) is 18.0. The highest BCUT2D eigenvalue weighted by Crippen LogP contribution is 2.36. The fraction of sp³-hybridized carbons (Fsp3) is 0.417.